The van der Waals surface area contributed by atoms with E-state index < -0.39 is 0 Å². The summed E-state index contributed by atoms with van der Waals surface area (Å²) in [4.78, 5) is 9.76. The molecule has 1 saturated heterocycles. The van der Waals surface area contributed by atoms with Crippen molar-refractivity contribution in [3.05, 3.63) is 29.8 Å². The Bertz CT molecular complexity index is 520. The lowest BCUT2D eigenvalue weighted by molar-refractivity contribution is 0.493. The molecule has 1 aromatic rings. The van der Waals surface area contributed by atoms with E-state index in [2.05, 4.69) is 53.2 Å². The quantitative estimate of drug-likeness (QED) is 0.685. The molecule has 0 amide bonds. The van der Waals surface area contributed by atoms with Gasteiger partial charge < -0.3 is 15.1 Å². The summed E-state index contributed by atoms with van der Waals surface area (Å²) in [7, 11) is 0. The molecule has 2 heterocycles. The molecule has 1 aromatic carbocycles. The number of anilines is 1. The van der Waals surface area contributed by atoms with E-state index in [1.54, 1.807) is 0 Å². The van der Waals surface area contributed by atoms with Gasteiger partial charge in [-0.3, -0.25) is 4.99 Å². The zero-order valence-corrected chi connectivity index (χ0v) is 13.9. The molecule has 0 radical (unpaired) electrons. The molecular formula is C18H28N4. The Morgan fingerprint density at radius 3 is 2.82 bits per heavy atom. The maximum absolute atomic E-state index is 4.86. The molecule has 22 heavy (non-hydrogen) atoms. The van der Waals surface area contributed by atoms with Crippen LogP contribution in [0.2, 0.25) is 0 Å². The highest BCUT2D eigenvalue weighted by Crippen LogP contribution is 2.31. The average Bonchev–Trinajstić information content (AvgIpc) is 3.15. The summed E-state index contributed by atoms with van der Waals surface area (Å²) in [5.41, 5.74) is 2.88. The Kier molecular flexibility index (Phi) is 4.86. The predicted octanol–water partition coefficient (Wildman–Crippen LogP) is 2.50. The van der Waals surface area contributed by atoms with Crippen LogP contribution in [0.5, 0.6) is 0 Å². The van der Waals surface area contributed by atoms with Gasteiger partial charge in [-0.1, -0.05) is 18.2 Å². The van der Waals surface area contributed by atoms with E-state index >= 15 is 0 Å². The van der Waals surface area contributed by atoms with Crippen LogP contribution < -0.4 is 10.2 Å². The molecule has 0 aliphatic carbocycles. The lowest BCUT2D eigenvalue weighted by Crippen LogP contribution is -2.40. The number of hydrogen-bond acceptors (Lipinski definition) is 2. The Balaban J connectivity index is 1.62. The van der Waals surface area contributed by atoms with E-state index in [9.17, 15) is 0 Å². The van der Waals surface area contributed by atoms with Gasteiger partial charge >= 0.3 is 0 Å². The van der Waals surface area contributed by atoms with E-state index in [0.29, 0.717) is 6.04 Å². The van der Waals surface area contributed by atoms with Gasteiger partial charge in [0.25, 0.3) is 0 Å². The van der Waals surface area contributed by atoms with Gasteiger partial charge in [0.1, 0.15) is 0 Å². The van der Waals surface area contributed by atoms with E-state index in [0.717, 1.165) is 45.1 Å². The number of aliphatic imine (C=N–C) groups is 1. The lowest BCUT2D eigenvalue weighted by atomic mass is 10.1. The molecule has 4 heteroatoms. The maximum Gasteiger partial charge on any atom is 0.193 e. The minimum atomic E-state index is 0.585. The van der Waals surface area contributed by atoms with Crippen LogP contribution >= 0.6 is 0 Å². The smallest absolute Gasteiger partial charge is 0.193 e. The molecule has 1 N–H and O–H groups in total. The fraction of sp³-hybridized carbons (Fsp3) is 0.611. The topological polar surface area (TPSA) is 30.9 Å². The van der Waals surface area contributed by atoms with Crippen LogP contribution in [0.3, 0.4) is 0 Å². The maximum atomic E-state index is 4.86. The number of nitrogens with one attached hydrogen (secondary N) is 1. The first-order valence-electron chi connectivity index (χ1n) is 8.67. The summed E-state index contributed by atoms with van der Waals surface area (Å²) in [5.74, 6) is 1.10. The third-order valence-electron chi connectivity index (χ3n) is 4.69. The molecule has 120 valence electrons. The number of fused-ring (bicyclic) bond motifs is 1. The molecule has 1 fully saturated rings. The Morgan fingerprint density at radius 2 is 2.05 bits per heavy atom. The molecular weight excluding hydrogens is 272 g/mol. The van der Waals surface area contributed by atoms with Crippen LogP contribution in [0.25, 0.3) is 0 Å². The molecule has 4 nitrogen and oxygen atoms in total. The van der Waals surface area contributed by atoms with Crippen molar-refractivity contribution in [1.82, 2.24) is 10.2 Å². The van der Waals surface area contributed by atoms with Gasteiger partial charge in [-0.25, -0.2) is 0 Å². The van der Waals surface area contributed by atoms with Crippen molar-refractivity contribution in [2.24, 2.45) is 4.99 Å². The van der Waals surface area contributed by atoms with Gasteiger partial charge in [0, 0.05) is 37.9 Å². The normalized spacial score (nSPS) is 21.4. The van der Waals surface area contributed by atoms with Gasteiger partial charge in [-0.15, -0.1) is 0 Å². The predicted molar refractivity (Wildman–Crippen MR) is 93.7 cm³/mol. The monoisotopic (exact) mass is 300 g/mol. The van der Waals surface area contributed by atoms with E-state index in [-0.39, 0.29) is 0 Å². The van der Waals surface area contributed by atoms with Gasteiger partial charge in [-0.2, -0.15) is 0 Å². The fourth-order valence-corrected chi connectivity index (χ4v) is 3.59. The van der Waals surface area contributed by atoms with Crippen molar-refractivity contribution in [3.8, 4) is 0 Å². The van der Waals surface area contributed by atoms with Crippen LogP contribution in [-0.4, -0.2) is 49.6 Å². The van der Waals surface area contributed by atoms with E-state index in [1.807, 2.05) is 0 Å². The second-order valence-electron chi connectivity index (χ2n) is 6.31. The fourth-order valence-electron chi connectivity index (χ4n) is 3.59. The Labute approximate surface area is 134 Å². The zero-order valence-electron chi connectivity index (χ0n) is 13.9. The number of para-hydroxylation sites is 1. The van der Waals surface area contributed by atoms with Crippen molar-refractivity contribution in [1.29, 1.82) is 0 Å². The van der Waals surface area contributed by atoms with Crippen LogP contribution in [0, 0.1) is 0 Å². The largest absolute Gasteiger partial charge is 0.366 e. The zero-order chi connectivity index (χ0) is 15.4. The molecule has 2 aliphatic heterocycles. The summed E-state index contributed by atoms with van der Waals surface area (Å²) < 4.78 is 0. The Hall–Kier alpha value is -1.71. The van der Waals surface area contributed by atoms with Crippen LogP contribution in [0.15, 0.2) is 29.3 Å². The third kappa shape index (κ3) is 3.21. The number of hydrogen-bond donors (Lipinski definition) is 1. The van der Waals surface area contributed by atoms with Crippen molar-refractivity contribution < 1.29 is 0 Å². The summed E-state index contributed by atoms with van der Waals surface area (Å²) in [6, 6.07) is 9.37. The number of rotatable bonds is 4. The molecule has 1 unspecified atom stereocenters. The summed E-state index contributed by atoms with van der Waals surface area (Å²) in [5, 5.41) is 3.44. The molecule has 0 spiro atoms. The van der Waals surface area contributed by atoms with Gasteiger partial charge in [-0.05, 0) is 44.7 Å². The summed E-state index contributed by atoms with van der Waals surface area (Å²) >= 11 is 0. The van der Waals surface area contributed by atoms with Gasteiger partial charge in [0.05, 0.1) is 6.54 Å². The SMILES string of the molecule is CCNC(=NCCN1c2ccccc2CC1C)N1CCCC1. The first-order chi connectivity index (χ1) is 10.8. The molecule has 0 saturated carbocycles. The third-order valence-corrected chi connectivity index (χ3v) is 4.69. The van der Waals surface area contributed by atoms with Crippen molar-refractivity contribution in [2.75, 3.05) is 37.6 Å². The molecule has 0 aromatic heterocycles. The van der Waals surface area contributed by atoms with Crippen molar-refractivity contribution in [3.63, 3.8) is 0 Å². The van der Waals surface area contributed by atoms with Gasteiger partial charge in [0.2, 0.25) is 0 Å². The highest BCUT2D eigenvalue weighted by Gasteiger charge is 2.24. The standard InChI is InChI=1S/C18H28N4/c1-3-19-18(21-11-6-7-12-21)20-10-13-22-15(2)14-16-8-4-5-9-17(16)22/h4-5,8-9,15H,3,6-7,10-14H2,1-2H3,(H,19,20). The Morgan fingerprint density at radius 1 is 1.27 bits per heavy atom. The number of likely N-dealkylation sites (tertiary alicyclic amines) is 1. The first kappa shape index (κ1) is 15.2. The number of nitrogens with zero attached hydrogens (tertiary/aromatic N) is 3. The average molecular weight is 300 g/mol. The minimum absolute atomic E-state index is 0.585. The van der Waals surface area contributed by atoms with Crippen molar-refractivity contribution >= 4 is 11.6 Å². The lowest BCUT2D eigenvalue weighted by Gasteiger charge is -2.25. The molecule has 2 aliphatic rings. The van der Waals surface area contributed by atoms with Crippen molar-refractivity contribution in [2.45, 2.75) is 39.2 Å². The first-order valence-corrected chi connectivity index (χ1v) is 8.67. The second kappa shape index (κ2) is 7.03. The van der Waals surface area contributed by atoms with Crippen LogP contribution in [-0.2, 0) is 6.42 Å². The second-order valence-corrected chi connectivity index (χ2v) is 6.31. The molecule has 0 bridgehead atoms. The molecule has 3 rings (SSSR count). The number of benzene rings is 1. The summed E-state index contributed by atoms with van der Waals surface area (Å²) in [6.45, 7) is 9.56. The van der Waals surface area contributed by atoms with Crippen LogP contribution in [0.1, 0.15) is 32.3 Å². The highest BCUT2D eigenvalue weighted by atomic mass is 15.3. The van der Waals surface area contributed by atoms with Gasteiger partial charge in [0.15, 0.2) is 5.96 Å². The number of guanidine groups is 1. The highest BCUT2D eigenvalue weighted by molar-refractivity contribution is 5.80. The van der Waals surface area contributed by atoms with Crippen LogP contribution in [0.4, 0.5) is 5.69 Å². The van der Waals surface area contributed by atoms with E-state index in [4.69, 9.17) is 4.99 Å². The summed E-state index contributed by atoms with van der Waals surface area (Å²) in [6.07, 6.45) is 3.74. The minimum Gasteiger partial charge on any atom is -0.366 e. The molecule has 1 atom stereocenters. The van der Waals surface area contributed by atoms with E-state index in [1.165, 1.54) is 24.1 Å².